The van der Waals surface area contributed by atoms with Crippen LogP contribution in [0.15, 0.2) is 78.9 Å². The number of carbonyl (C=O) groups is 2. The lowest BCUT2D eigenvalue weighted by Gasteiger charge is -2.10. The molecule has 0 saturated carbocycles. The van der Waals surface area contributed by atoms with Crippen molar-refractivity contribution in [2.45, 2.75) is 6.92 Å². The maximum Gasteiger partial charge on any atom is 0.257 e. The van der Waals surface area contributed by atoms with E-state index >= 15 is 0 Å². The lowest BCUT2D eigenvalue weighted by Crippen LogP contribution is -2.27. The van der Waals surface area contributed by atoms with Gasteiger partial charge in [0.15, 0.2) is 0 Å². The van der Waals surface area contributed by atoms with Gasteiger partial charge in [-0.25, -0.2) is 0 Å². The summed E-state index contributed by atoms with van der Waals surface area (Å²) >= 11 is 0. The number of rotatable bonds is 3. The largest absolute Gasteiger partial charge is 0.293 e. The van der Waals surface area contributed by atoms with E-state index in [9.17, 15) is 9.59 Å². The highest BCUT2D eigenvalue weighted by atomic mass is 16.2. The van der Waals surface area contributed by atoms with E-state index in [1.807, 2.05) is 60.7 Å². The molecule has 3 heteroatoms. The molecule has 3 aromatic carbocycles. The van der Waals surface area contributed by atoms with Gasteiger partial charge in [-0.05, 0) is 40.5 Å². The number of amides is 2. The summed E-state index contributed by atoms with van der Waals surface area (Å²) in [6.07, 6.45) is 0. The zero-order chi connectivity index (χ0) is 16.9. The predicted octanol–water partition coefficient (Wildman–Crippen LogP) is 4.30. The Morgan fingerprint density at radius 3 is 1.54 bits per heavy atom. The van der Waals surface area contributed by atoms with Gasteiger partial charge in [0.25, 0.3) is 5.91 Å². The van der Waals surface area contributed by atoms with Gasteiger partial charge in [-0.1, -0.05) is 60.7 Å². The molecule has 3 nitrogen and oxygen atoms in total. The Kier molecular flexibility index (Phi) is 4.52. The van der Waals surface area contributed by atoms with E-state index in [-0.39, 0.29) is 5.91 Å². The quantitative estimate of drug-likeness (QED) is 0.783. The van der Waals surface area contributed by atoms with Crippen molar-refractivity contribution in [2.75, 3.05) is 0 Å². The SMILES string of the molecule is CC(=O)NC(=O)c1cc(-c2ccccc2)cc(-c2ccccc2)c1. The molecular weight excluding hydrogens is 298 g/mol. The van der Waals surface area contributed by atoms with Crippen molar-refractivity contribution in [1.82, 2.24) is 5.32 Å². The Balaban J connectivity index is 2.12. The van der Waals surface area contributed by atoms with Crippen LogP contribution in [0.1, 0.15) is 17.3 Å². The lowest BCUT2D eigenvalue weighted by molar-refractivity contribution is -0.118. The van der Waals surface area contributed by atoms with Crippen molar-refractivity contribution in [1.29, 1.82) is 0 Å². The third kappa shape index (κ3) is 3.58. The van der Waals surface area contributed by atoms with Gasteiger partial charge in [0, 0.05) is 12.5 Å². The minimum atomic E-state index is -0.391. The van der Waals surface area contributed by atoms with Crippen LogP contribution in [-0.4, -0.2) is 11.8 Å². The highest BCUT2D eigenvalue weighted by Gasteiger charge is 2.12. The second kappa shape index (κ2) is 6.92. The molecule has 2 amide bonds. The van der Waals surface area contributed by atoms with Crippen LogP contribution in [0.5, 0.6) is 0 Å². The summed E-state index contributed by atoms with van der Waals surface area (Å²) in [6.45, 7) is 1.33. The minimum Gasteiger partial charge on any atom is -0.293 e. The van der Waals surface area contributed by atoms with Gasteiger partial charge in [-0.2, -0.15) is 0 Å². The van der Waals surface area contributed by atoms with Crippen molar-refractivity contribution >= 4 is 11.8 Å². The molecule has 0 fully saturated rings. The fraction of sp³-hybridized carbons (Fsp3) is 0.0476. The fourth-order valence-electron chi connectivity index (χ4n) is 2.59. The topological polar surface area (TPSA) is 46.2 Å². The van der Waals surface area contributed by atoms with E-state index < -0.39 is 5.91 Å². The molecular formula is C21H17NO2. The van der Waals surface area contributed by atoms with Gasteiger partial charge in [-0.3, -0.25) is 14.9 Å². The summed E-state index contributed by atoms with van der Waals surface area (Å²) in [6, 6.07) is 25.4. The average molecular weight is 315 g/mol. The minimum absolute atomic E-state index is 0.369. The zero-order valence-corrected chi connectivity index (χ0v) is 13.3. The summed E-state index contributed by atoms with van der Waals surface area (Å²) in [5.74, 6) is -0.760. The molecule has 118 valence electrons. The van der Waals surface area contributed by atoms with E-state index in [0.717, 1.165) is 22.3 Å². The highest BCUT2D eigenvalue weighted by Crippen LogP contribution is 2.28. The lowest BCUT2D eigenvalue weighted by atomic mass is 9.96. The number of imide groups is 1. The molecule has 3 aromatic rings. The molecule has 0 atom stereocenters. The van der Waals surface area contributed by atoms with Gasteiger partial charge in [0.1, 0.15) is 0 Å². The van der Waals surface area contributed by atoms with Gasteiger partial charge in [-0.15, -0.1) is 0 Å². The van der Waals surface area contributed by atoms with Crippen LogP contribution in [0.25, 0.3) is 22.3 Å². The van der Waals surface area contributed by atoms with Crippen molar-refractivity contribution in [3.63, 3.8) is 0 Å². The number of hydrogen-bond acceptors (Lipinski definition) is 2. The Bertz CT molecular complexity index is 813. The van der Waals surface area contributed by atoms with Crippen molar-refractivity contribution in [3.05, 3.63) is 84.4 Å². The van der Waals surface area contributed by atoms with Crippen LogP contribution in [-0.2, 0) is 4.79 Å². The highest BCUT2D eigenvalue weighted by molar-refractivity contribution is 6.05. The van der Waals surface area contributed by atoms with Gasteiger partial charge in [0.2, 0.25) is 5.91 Å². The molecule has 0 heterocycles. The molecule has 0 spiro atoms. The summed E-state index contributed by atoms with van der Waals surface area (Å²) in [4.78, 5) is 23.5. The smallest absolute Gasteiger partial charge is 0.257 e. The Labute approximate surface area is 141 Å². The normalized spacial score (nSPS) is 10.2. The molecule has 1 N–H and O–H groups in total. The predicted molar refractivity (Wildman–Crippen MR) is 95.5 cm³/mol. The second-order valence-corrected chi connectivity index (χ2v) is 5.54. The maximum atomic E-state index is 12.3. The first kappa shape index (κ1) is 15.7. The number of nitrogens with one attached hydrogen (secondary N) is 1. The molecule has 0 aromatic heterocycles. The van der Waals surface area contributed by atoms with E-state index in [0.29, 0.717) is 5.56 Å². The van der Waals surface area contributed by atoms with Crippen LogP contribution < -0.4 is 5.32 Å². The molecule has 3 rings (SSSR count). The van der Waals surface area contributed by atoms with Gasteiger partial charge >= 0.3 is 0 Å². The first-order valence-electron chi connectivity index (χ1n) is 7.71. The second-order valence-electron chi connectivity index (χ2n) is 5.54. The maximum absolute atomic E-state index is 12.3. The Morgan fingerprint density at radius 1 is 0.667 bits per heavy atom. The van der Waals surface area contributed by atoms with E-state index in [4.69, 9.17) is 0 Å². The monoisotopic (exact) mass is 315 g/mol. The number of carbonyl (C=O) groups excluding carboxylic acids is 2. The van der Waals surface area contributed by atoms with E-state index in [2.05, 4.69) is 11.4 Å². The average Bonchev–Trinajstić information content (AvgIpc) is 2.62. The zero-order valence-electron chi connectivity index (χ0n) is 13.3. The molecule has 0 unspecified atom stereocenters. The fourth-order valence-corrected chi connectivity index (χ4v) is 2.59. The van der Waals surface area contributed by atoms with E-state index in [1.165, 1.54) is 6.92 Å². The first-order chi connectivity index (χ1) is 11.6. The van der Waals surface area contributed by atoms with Gasteiger partial charge in [0.05, 0.1) is 0 Å². The molecule has 0 aliphatic carbocycles. The number of benzene rings is 3. The molecule has 24 heavy (non-hydrogen) atoms. The Morgan fingerprint density at radius 2 is 1.12 bits per heavy atom. The van der Waals surface area contributed by atoms with Crippen LogP contribution >= 0.6 is 0 Å². The third-order valence-corrected chi connectivity index (χ3v) is 3.70. The van der Waals surface area contributed by atoms with Crippen LogP contribution in [0.3, 0.4) is 0 Å². The van der Waals surface area contributed by atoms with Crippen LogP contribution in [0.4, 0.5) is 0 Å². The summed E-state index contributed by atoms with van der Waals surface area (Å²) in [5, 5.41) is 2.34. The Hall–Kier alpha value is -3.20. The van der Waals surface area contributed by atoms with Crippen molar-refractivity contribution < 1.29 is 9.59 Å². The summed E-state index contributed by atoms with van der Waals surface area (Å²) in [7, 11) is 0. The molecule has 0 aliphatic rings. The van der Waals surface area contributed by atoms with E-state index in [1.54, 1.807) is 12.1 Å². The molecule has 0 bridgehead atoms. The molecule has 0 radical (unpaired) electrons. The van der Waals surface area contributed by atoms with Crippen LogP contribution in [0, 0.1) is 0 Å². The summed E-state index contributed by atoms with van der Waals surface area (Å²) < 4.78 is 0. The molecule has 0 saturated heterocycles. The van der Waals surface area contributed by atoms with Crippen molar-refractivity contribution in [2.24, 2.45) is 0 Å². The first-order valence-corrected chi connectivity index (χ1v) is 7.71. The molecule has 0 aliphatic heterocycles. The van der Waals surface area contributed by atoms with Gasteiger partial charge < -0.3 is 0 Å². The van der Waals surface area contributed by atoms with Crippen LogP contribution in [0.2, 0.25) is 0 Å². The summed E-state index contributed by atoms with van der Waals surface area (Å²) in [5.41, 5.74) is 4.38. The standard InChI is InChI=1S/C21H17NO2/c1-15(23)22-21(24)20-13-18(16-8-4-2-5-9-16)12-19(14-20)17-10-6-3-7-11-17/h2-14H,1H3,(H,22,23,24). The third-order valence-electron chi connectivity index (χ3n) is 3.70. The van der Waals surface area contributed by atoms with Crippen molar-refractivity contribution in [3.8, 4) is 22.3 Å². The number of hydrogen-bond donors (Lipinski definition) is 1.